The van der Waals surface area contributed by atoms with Crippen molar-refractivity contribution in [2.45, 2.75) is 13.5 Å². The maximum absolute atomic E-state index is 13.3. The Labute approximate surface area is 202 Å². The highest BCUT2D eigenvalue weighted by Gasteiger charge is 2.33. The molecule has 5 rings (SSSR count). The van der Waals surface area contributed by atoms with Crippen LogP contribution < -0.4 is 9.64 Å². The Balaban J connectivity index is 1.49. The molecule has 0 atom stereocenters. The molecule has 0 spiro atoms. The number of methoxy groups -OCH3 is 1. The van der Waals surface area contributed by atoms with Crippen molar-refractivity contribution in [3.8, 4) is 5.75 Å². The summed E-state index contributed by atoms with van der Waals surface area (Å²) >= 11 is 6.88. The average Bonchev–Trinajstić information content (AvgIpc) is 3.32. The lowest BCUT2D eigenvalue weighted by atomic mass is 10.1. The first kappa shape index (κ1) is 21.5. The van der Waals surface area contributed by atoms with Gasteiger partial charge >= 0.3 is 0 Å². The molecule has 1 amide bonds. The van der Waals surface area contributed by atoms with Crippen LogP contribution in [0.3, 0.4) is 0 Å². The van der Waals surface area contributed by atoms with Crippen molar-refractivity contribution < 1.29 is 9.53 Å². The quantitative estimate of drug-likeness (QED) is 0.249. The number of carbonyl (C=O) groups excluding carboxylic acids is 1. The molecule has 4 nitrogen and oxygen atoms in total. The van der Waals surface area contributed by atoms with Gasteiger partial charge in [0.2, 0.25) is 0 Å². The summed E-state index contributed by atoms with van der Waals surface area (Å²) in [6.45, 7) is 2.86. The van der Waals surface area contributed by atoms with Gasteiger partial charge < -0.3 is 9.30 Å². The summed E-state index contributed by atoms with van der Waals surface area (Å²) in [4.78, 5) is 15.5. The predicted molar refractivity (Wildman–Crippen MR) is 141 cm³/mol. The molecule has 1 aliphatic rings. The van der Waals surface area contributed by atoms with E-state index in [-0.39, 0.29) is 5.91 Å². The standard InChI is InChI=1S/C27H22N2O2S2/c1-18-7-9-19(10-8-18)16-28-17-20(23-5-3-4-6-24(23)28)15-25-26(30)29(27(32)33-25)21-11-13-22(31-2)14-12-21/h3-15,17H,16H2,1-2H3/b25-15+. The van der Waals surface area contributed by atoms with Crippen molar-refractivity contribution in [3.63, 3.8) is 0 Å². The molecular formula is C27H22N2O2S2. The van der Waals surface area contributed by atoms with E-state index < -0.39 is 0 Å². The number of rotatable bonds is 5. The molecule has 0 aliphatic carbocycles. The zero-order valence-electron chi connectivity index (χ0n) is 18.3. The van der Waals surface area contributed by atoms with Gasteiger partial charge in [-0.3, -0.25) is 9.69 Å². The number of ether oxygens (including phenoxy) is 1. The number of thiocarbonyl (C=S) groups is 1. The van der Waals surface area contributed by atoms with Gasteiger partial charge in [-0.2, -0.15) is 0 Å². The Morgan fingerprint density at radius 2 is 1.73 bits per heavy atom. The molecule has 4 aromatic rings. The molecule has 1 fully saturated rings. The first-order chi connectivity index (χ1) is 16.0. The maximum atomic E-state index is 13.3. The third-order valence-electron chi connectivity index (χ3n) is 5.70. The highest BCUT2D eigenvalue weighted by Crippen LogP contribution is 2.37. The smallest absolute Gasteiger partial charge is 0.270 e. The van der Waals surface area contributed by atoms with Crippen molar-refractivity contribution >= 4 is 56.9 Å². The Bertz CT molecular complexity index is 1390. The molecule has 1 saturated heterocycles. The molecule has 1 aliphatic heterocycles. The minimum atomic E-state index is -0.106. The Hall–Kier alpha value is -3.35. The SMILES string of the molecule is COc1ccc(N2C(=O)/C(=C\c3cn(Cc4ccc(C)cc4)c4ccccc34)SC2=S)cc1. The van der Waals surface area contributed by atoms with Gasteiger partial charge in [0.05, 0.1) is 17.7 Å². The number of aromatic nitrogens is 1. The van der Waals surface area contributed by atoms with Crippen LogP contribution in [0.1, 0.15) is 16.7 Å². The molecule has 0 N–H and O–H groups in total. The number of hydrogen-bond donors (Lipinski definition) is 0. The minimum absolute atomic E-state index is 0.106. The fraction of sp³-hybridized carbons (Fsp3) is 0.111. The molecule has 1 aromatic heterocycles. The van der Waals surface area contributed by atoms with E-state index in [0.717, 1.165) is 34.4 Å². The minimum Gasteiger partial charge on any atom is -0.497 e. The van der Waals surface area contributed by atoms with Gasteiger partial charge in [0.25, 0.3) is 5.91 Å². The number of hydrogen-bond acceptors (Lipinski definition) is 4. The molecule has 33 heavy (non-hydrogen) atoms. The summed E-state index contributed by atoms with van der Waals surface area (Å²) in [5, 5.41) is 1.11. The number of aryl methyl sites for hydroxylation is 1. The normalized spacial score (nSPS) is 15.1. The van der Waals surface area contributed by atoms with Crippen LogP contribution in [0.2, 0.25) is 0 Å². The van der Waals surface area contributed by atoms with Crippen molar-refractivity contribution in [1.29, 1.82) is 0 Å². The van der Waals surface area contributed by atoms with Crippen LogP contribution in [0.15, 0.2) is 83.9 Å². The van der Waals surface area contributed by atoms with Crippen molar-refractivity contribution in [2.75, 3.05) is 12.0 Å². The molecular weight excluding hydrogens is 448 g/mol. The Kier molecular flexibility index (Phi) is 5.79. The summed E-state index contributed by atoms with van der Waals surface area (Å²) in [5.41, 5.74) is 5.36. The van der Waals surface area contributed by atoms with Gasteiger partial charge in [0, 0.05) is 29.2 Å². The van der Waals surface area contributed by atoms with E-state index in [2.05, 4.69) is 54.1 Å². The number of anilines is 1. The summed E-state index contributed by atoms with van der Waals surface area (Å²) in [7, 11) is 1.62. The molecule has 0 bridgehead atoms. The highest BCUT2D eigenvalue weighted by molar-refractivity contribution is 8.27. The Morgan fingerprint density at radius 3 is 2.45 bits per heavy atom. The molecule has 6 heteroatoms. The number of carbonyl (C=O) groups is 1. The Morgan fingerprint density at radius 1 is 1.00 bits per heavy atom. The fourth-order valence-corrected chi connectivity index (χ4v) is 5.26. The van der Waals surface area contributed by atoms with Crippen LogP contribution in [-0.4, -0.2) is 21.9 Å². The van der Waals surface area contributed by atoms with E-state index in [1.165, 1.54) is 22.9 Å². The van der Waals surface area contributed by atoms with Gasteiger partial charge in [-0.1, -0.05) is 72.0 Å². The van der Waals surface area contributed by atoms with Crippen molar-refractivity contribution in [3.05, 3.63) is 101 Å². The van der Waals surface area contributed by atoms with Crippen LogP contribution in [-0.2, 0) is 11.3 Å². The second kappa shape index (κ2) is 8.89. The lowest BCUT2D eigenvalue weighted by Crippen LogP contribution is -2.27. The average molecular weight is 471 g/mol. The van der Waals surface area contributed by atoms with Gasteiger partial charge in [0.15, 0.2) is 4.32 Å². The van der Waals surface area contributed by atoms with Gasteiger partial charge in [-0.05, 0) is 48.9 Å². The molecule has 3 aromatic carbocycles. The zero-order valence-corrected chi connectivity index (χ0v) is 20.0. The van der Waals surface area contributed by atoms with E-state index in [1.54, 1.807) is 12.0 Å². The van der Waals surface area contributed by atoms with Gasteiger partial charge in [0.1, 0.15) is 5.75 Å². The number of para-hydroxylation sites is 1. The largest absolute Gasteiger partial charge is 0.497 e. The fourth-order valence-electron chi connectivity index (χ4n) is 3.97. The second-order valence-corrected chi connectivity index (χ2v) is 9.61. The van der Waals surface area contributed by atoms with Crippen LogP contribution in [0.25, 0.3) is 17.0 Å². The lowest BCUT2D eigenvalue weighted by molar-refractivity contribution is -0.113. The second-order valence-electron chi connectivity index (χ2n) is 7.93. The summed E-state index contributed by atoms with van der Waals surface area (Å²) in [6.07, 6.45) is 4.07. The van der Waals surface area contributed by atoms with E-state index in [0.29, 0.717) is 9.23 Å². The highest BCUT2D eigenvalue weighted by atomic mass is 32.2. The number of fused-ring (bicyclic) bond motifs is 1. The monoisotopic (exact) mass is 470 g/mol. The molecule has 0 radical (unpaired) electrons. The lowest BCUT2D eigenvalue weighted by Gasteiger charge is -2.14. The van der Waals surface area contributed by atoms with Crippen LogP contribution in [0, 0.1) is 6.92 Å². The van der Waals surface area contributed by atoms with Gasteiger partial charge in [-0.25, -0.2) is 0 Å². The third kappa shape index (κ3) is 4.19. The number of amides is 1. The van der Waals surface area contributed by atoms with E-state index in [1.807, 2.05) is 42.5 Å². The topological polar surface area (TPSA) is 34.5 Å². The van der Waals surface area contributed by atoms with Gasteiger partial charge in [-0.15, -0.1) is 0 Å². The van der Waals surface area contributed by atoms with Crippen molar-refractivity contribution in [1.82, 2.24) is 4.57 Å². The van der Waals surface area contributed by atoms with E-state index in [4.69, 9.17) is 17.0 Å². The summed E-state index contributed by atoms with van der Waals surface area (Å²) in [5.74, 6) is 0.631. The number of nitrogens with zero attached hydrogens (tertiary/aromatic N) is 2. The third-order valence-corrected chi connectivity index (χ3v) is 7.01. The number of thioether (sulfide) groups is 1. The maximum Gasteiger partial charge on any atom is 0.270 e. The molecule has 0 unspecified atom stereocenters. The first-order valence-electron chi connectivity index (χ1n) is 10.6. The molecule has 0 saturated carbocycles. The predicted octanol–water partition coefficient (Wildman–Crippen LogP) is 6.41. The van der Waals surface area contributed by atoms with Crippen LogP contribution in [0.5, 0.6) is 5.75 Å². The molecule has 2 heterocycles. The molecule has 164 valence electrons. The summed E-state index contributed by atoms with van der Waals surface area (Å²) in [6, 6.07) is 24.2. The van der Waals surface area contributed by atoms with E-state index in [9.17, 15) is 4.79 Å². The number of benzene rings is 3. The summed E-state index contributed by atoms with van der Waals surface area (Å²) < 4.78 is 7.98. The van der Waals surface area contributed by atoms with Crippen LogP contribution >= 0.6 is 24.0 Å². The zero-order chi connectivity index (χ0) is 22.9. The first-order valence-corrected chi connectivity index (χ1v) is 11.8. The van der Waals surface area contributed by atoms with Crippen molar-refractivity contribution in [2.24, 2.45) is 0 Å². The van der Waals surface area contributed by atoms with Crippen LogP contribution in [0.4, 0.5) is 5.69 Å². The van der Waals surface area contributed by atoms with E-state index >= 15 is 0 Å².